The highest BCUT2D eigenvalue weighted by Gasteiger charge is 1.99. The first kappa shape index (κ1) is 9.65. The van der Waals surface area contributed by atoms with Gasteiger partial charge in [-0.2, -0.15) is 0 Å². The molecule has 0 unspecified atom stereocenters. The maximum absolute atomic E-state index is 11.1. The van der Waals surface area contributed by atoms with Crippen molar-refractivity contribution in [3.8, 4) is 0 Å². The highest BCUT2D eigenvalue weighted by molar-refractivity contribution is 5.97. The van der Waals surface area contributed by atoms with Crippen molar-refractivity contribution in [2.45, 2.75) is 20.3 Å². The van der Waals surface area contributed by atoms with Crippen molar-refractivity contribution in [2.24, 2.45) is 0 Å². The van der Waals surface area contributed by atoms with Crippen molar-refractivity contribution in [3.63, 3.8) is 0 Å². The normalized spacial score (nSPS) is 11.4. The van der Waals surface area contributed by atoms with E-state index in [4.69, 9.17) is 0 Å². The van der Waals surface area contributed by atoms with Crippen LogP contribution in [0, 0.1) is 0 Å². The maximum Gasteiger partial charge on any atom is 0.155 e. The van der Waals surface area contributed by atoms with Crippen LogP contribution in [-0.4, -0.2) is 10.8 Å². The number of allylic oxidation sites excluding steroid dienone is 1. The van der Waals surface area contributed by atoms with Gasteiger partial charge in [0.1, 0.15) is 0 Å². The lowest BCUT2D eigenvalue weighted by Crippen LogP contribution is -1.94. The quantitative estimate of drug-likeness (QED) is 0.660. The molecule has 13 heavy (non-hydrogen) atoms. The molecule has 0 bridgehead atoms. The summed E-state index contributed by atoms with van der Waals surface area (Å²) in [6, 6.07) is 3.78. The summed E-state index contributed by atoms with van der Waals surface area (Å²) in [4.78, 5) is 15.0. The number of carbonyl (C=O) groups excluding carboxylic acids is 1. The van der Waals surface area contributed by atoms with Crippen LogP contribution in [-0.2, 0) is 4.79 Å². The maximum atomic E-state index is 11.1. The van der Waals surface area contributed by atoms with Crippen molar-refractivity contribution >= 4 is 11.9 Å². The van der Waals surface area contributed by atoms with Gasteiger partial charge in [0.25, 0.3) is 0 Å². The molecule has 0 fully saturated rings. The topological polar surface area (TPSA) is 30.0 Å². The summed E-state index contributed by atoms with van der Waals surface area (Å²) >= 11 is 0. The largest absolute Gasteiger partial charge is 0.295 e. The number of rotatable bonds is 3. The van der Waals surface area contributed by atoms with Crippen LogP contribution in [0.25, 0.3) is 6.08 Å². The number of carbonyl (C=O) groups is 1. The molecule has 1 heterocycles. The van der Waals surface area contributed by atoms with Crippen molar-refractivity contribution in [1.29, 1.82) is 0 Å². The number of nitrogens with zero attached hydrogens (tertiary/aromatic N) is 1. The molecule has 1 aromatic rings. The smallest absolute Gasteiger partial charge is 0.155 e. The third kappa shape index (κ3) is 2.82. The first-order chi connectivity index (χ1) is 6.24. The summed E-state index contributed by atoms with van der Waals surface area (Å²) in [7, 11) is 0. The third-order valence-corrected chi connectivity index (χ3v) is 1.88. The first-order valence-corrected chi connectivity index (χ1v) is 4.35. The van der Waals surface area contributed by atoms with E-state index in [0.29, 0.717) is 0 Å². The molecule has 0 aliphatic heterocycles. The molecule has 0 spiro atoms. The minimum absolute atomic E-state index is 0.138. The van der Waals surface area contributed by atoms with Gasteiger partial charge in [0.15, 0.2) is 5.78 Å². The second kappa shape index (κ2) is 4.55. The van der Waals surface area contributed by atoms with Gasteiger partial charge in [0.05, 0.1) is 0 Å². The summed E-state index contributed by atoms with van der Waals surface area (Å²) in [6.07, 6.45) is 6.13. The number of aromatic nitrogens is 1. The van der Waals surface area contributed by atoms with Crippen LogP contribution in [0.4, 0.5) is 0 Å². The van der Waals surface area contributed by atoms with E-state index in [1.165, 1.54) is 0 Å². The molecule has 0 saturated heterocycles. The van der Waals surface area contributed by atoms with Crippen LogP contribution < -0.4 is 0 Å². The molecule has 0 radical (unpaired) electrons. The molecule has 68 valence electrons. The second-order valence-corrected chi connectivity index (χ2v) is 2.86. The van der Waals surface area contributed by atoms with Gasteiger partial charge < -0.3 is 0 Å². The van der Waals surface area contributed by atoms with Gasteiger partial charge in [-0.25, -0.2) is 0 Å². The zero-order chi connectivity index (χ0) is 9.68. The molecule has 0 aliphatic rings. The lowest BCUT2D eigenvalue weighted by Gasteiger charge is -1.98. The van der Waals surface area contributed by atoms with Crippen molar-refractivity contribution in [2.75, 3.05) is 0 Å². The van der Waals surface area contributed by atoms with E-state index in [1.54, 1.807) is 19.3 Å². The van der Waals surface area contributed by atoms with Gasteiger partial charge in [-0.15, -0.1) is 0 Å². The van der Waals surface area contributed by atoms with Crippen molar-refractivity contribution in [1.82, 2.24) is 4.98 Å². The Bertz CT molecular complexity index is 314. The highest BCUT2D eigenvalue weighted by atomic mass is 16.1. The molecule has 0 atom stereocenters. The van der Waals surface area contributed by atoms with Gasteiger partial charge >= 0.3 is 0 Å². The van der Waals surface area contributed by atoms with Crippen LogP contribution in [0.1, 0.15) is 25.8 Å². The van der Waals surface area contributed by atoms with Crippen molar-refractivity contribution < 1.29 is 4.79 Å². The fourth-order valence-corrected chi connectivity index (χ4v) is 1.11. The van der Waals surface area contributed by atoms with E-state index in [9.17, 15) is 4.79 Å². The Hall–Kier alpha value is -1.44. The van der Waals surface area contributed by atoms with Crippen LogP contribution >= 0.6 is 0 Å². The Labute approximate surface area is 78.3 Å². The van der Waals surface area contributed by atoms with E-state index in [1.807, 2.05) is 25.1 Å². The molecule has 2 heteroatoms. The summed E-state index contributed by atoms with van der Waals surface area (Å²) in [5.41, 5.74) is 1.88. The first-order valence-electron chi connectivity index (χ1n) is 4.35. The SMILES string of the molecule is CC/C(=C/c1ccncc1)C(C)=O. The molecule has 2 nitrogen and oxygen atoms in total. The second-order valence-electron chi connectivity index (χ2n) is 2.86. The number of hydrogen-bond donors (Lipinski definition) is 0. The number of pyridine rings is 1. The molecule has 1 aromatic heterocycles. The Morgan fingerprint density at radius 3 is 2.54 bits per heavy atom. The Morgan fingerprint density at radius 2 is 2.08 bits per heavy atom. The summed E-state index contributed by atoms with van der Waals surface area (Å²) in [5, 5.41) is 0. The van der Waals surface area contributed by atoms with Gasteiger partial charge in [-0.05, 0) is 42.7 Å². The minimum atomic E-state index is 0.138. The Balaban J connectivity index is 2.92. The fraction of sp³-hybridized carbons (Fsp3) is 0.273. The van der Waals surface area contributed by atoms with Gasteiger partial charge in [0.2, 0.25) is 0 Å². The lowest BCUT2D eigenvalue weighted by molar-refractivity contribution is -0.113. The third-order valence-electron chi connectivity index (χ3n) is 1.88. The van der Waals surface area contributed by atoms with Crippen LogP contribution in [0.5, 0.6) is 0 Å². The van der Waals surface area contributed by atoms with E-state index >= 15 is 0 Å². The predicted octanol–water partition coefficient (Wildman–Crippen LogP) is 2.46. The summed E-state index contributed by atoms with van der Waals surface area (Å²) in [6.45, 7) is 3.57. The summed E-state index contributed by atoms with van der Waals surface area (Å²) < 4.78 is 0. The molecule has 1 rings (SSSR count). The number of ketones is 1. The van der Waals surface area contributed by atoms with Gasteiger partial charge in [-0.1, -0.05) is 6.92 Å². The molecule has 0 N–H and O–H groups in total. The van der Waals surface area contributed by atoms with Crippen molar-refractivity contribution in [3.05, 3.63) is 35.7 Å². The predicted molar refractivity (Wildman–Crippen MR) is 53.2 cm³/mol. The number of Topliss-reactive ketones (excluding diaryl/α,β-unsaturated/α-hetero) is 1. The van der Waals surface area contributed by atoms with Crippen LogP contribution in [0.2, 0.25) is 0 Å². The molecule has 0 amide bonds. The molecule has 0 aromatic carbocycles. The Morgan fingerprint density at radius 1 is 1.46 bits per heavy atom. The minimum Gasteiger partial charge on any atom is -0.295 e. The average Bonchev–Trinajstić information content (AvgIpc) is 2.15. The lowest BCUT2D eigenvalue weighted by atomic mass is 10.1. The molecule has 0 aliphatic carbocycles. The van der Waals surface area contributed by atoms with E-state index in [2.05, 4.69) is 4.98 Å². The van der Waals surface area contributed by atoms with Gasteiger partial charge in [-0.3, -0.25) is 9.78 Å². The van der Waals surface area contributed by atoms with Crippen LogP contribution in [0.3, 0.4) is 0 Å². The van der Waals surface area contributed by atoms with E-state index in [-0.39, 0.29) is 5.78 Å². The fourth-order valence-electron chi connectivity index (χ4n) is 1.11. The van der Waals surface area contributed by atoms with E-state index in [0.717, 1.165) is 17.6 Å². The van der Waals surface area contributed by atoms with Gasteiger partial charge in [0, 0.05) is 12.4 Å². The van der Waals surface area contributed by atoms with E-state index < -0.39 is 0 Å². The molecule has 0 saturated carbocycles. The Kier molecular flexibility index (Phi) is 3.38. The summed E-state index contributed by atoms with van der Waals surface area (Å²) in [5.74, 6) is 0.138. The monoisotopic (exact) mass is 175 g/mol. The highest BCUT2D eigenvalue weighted by Crippen LogP contribution is 2.09. The zero-order valence-electron chi connectivity index (χ0n) is 7.95. The zero-order valence-corrected chi connectivity index (χ0v) is 7.95. The standard InChI is InChI=1S/C11H13NO/c1-3-11(9(2)13)8-10-4-6-12-7-5-10/h4-8H,3H2,1-2H3/b11-8-. The molecular weight excluding hydrogens is 162 g/mol. The average molecular weight is 175 g/mol. The molecular formula is C11H13NO. The van der Waals surface area contributed by atoms with Crippen LogP contribution in [0.15, 0.2) is 30.1 Å². The number of hydrogen-bond acceptors (Lipinski definition) is 2.